The minimum Gasteiger partial charge on any atom is -0.339 e. The van der Waals surface area contributed by atoms with Crippen molar-refractivity contribution in [3.63, 3.8) is 0 Å². The van der Waals surface area contributed by atoms with Crippen LogP contribution in [0.1, 0.15) is 25.0 Å². The van der Waals surface area contributed by atoms with Gasteiger partial charge in [-0.05, 0) is 42.2 Å². The van der Waals surface area contributed by atoms with Gasteiger partial charge < -0.3 is 10.6 Å². The van der Waals surface area contributed by atoms with Gasteiger partial charge in [0.25, 0.3) is 0 Å². The largest absolute Gasteiger partial charge is 0.339 e. The highest BCUT2D eigenvalue weighted by atomic mass is 15.3. The molecule has 0 saturated carbocycles. The summed E-state index contributed by atoms with van der Waals surface area (Å²) in [5, 5.41) is 14.6. The van der Waals surface area contributed by atoms with Crippen molar-refractivity contribution < 1.29 is 0 Å². The highest BCUT2D eigenvalue weighted by molar-refractivity contribution is 5.61. The Hall–Kier alpha value is -2.95. The number of nitrogens with zero attached hydrogens (tertiary/aromatic N) is 3. The van der Waals surface area contributed by atoms with Gasteiger partial charge in [-0.1, -0.05) is 44.2 Å². The third kappa shape index (κ3) is 3.87. The zero-order chi connectivity index (χ0) is 16.8. The van der Waals surface area contributed by atoms with Crippen LogP contribution < -0.4 is 10.6 Å². The topological polar surface area (TPSA) is 62.7 Å². The Morgan fingerprint density at radius 3 is 2.42 bits per heavy atom. The van der Waals surface area contributed by atoms with E-state index in [4.69, 9.17) is 0 Å². The van der Waals surface area contributed by atoms with E-state index in [-0.39, 0.29) is 0 Å². The van der Waals surface area contributed by atoms with E-state index in [1.54, 1.807) is 6.20 Å². The molecule has 122 valence electrons. The lowest BCUT2D eigenvalue weighted by Gasteiger charge is -2.10. The van der Waals surface area contributed by atoms with Gasteiger partial charge in [0.05, 0.1) is 6.20 Å². The molecule has 0 unspecified atom stereocenters. The number of benzene rings is 2. The van der Waals surface area contributed by atoms with E-state index in [0.717, 1.165) is 24.2 Å². The first-order valence-electron chi connectivity index (χ1n) is 8.19. The molecule has 0 saturated heterocycles. The molecule has 1 heterocycles. The first kappa shape index (κ1) is 15.9. The Morgan fingerprint density at radius 2 is 1.67 bits per heavy atom. The quantitative estimate of drug-likeness (QED) is 0.701. The Kier molecular flexibility index (Phi) is 5.01. The zero-order valence-electron chi connectivity index (χ0n) is 14.0. The molecule has 0 radical (unpaired) electrons. The van der Waals surface area contributed by atoms with Gasteiger partial charge >= 0.3 is 0 Å². The molecule has 2 aromatic carbocycles. The van der Waals surface area contributed by atoms with Crippen LogP contribution in [0.15, 0.2) is 54.7 Å². The van der Waals surface area contributed by atoms with Gasteiger partial charge in [0.15, 0.2) is 5.82 Å². The van der Waals surface area contributed by atoms with Crippen LogP contribution in [-0.4, -0.2) is 15.2 Å². The maximum absolute atomic E-state index is 4.49. The summed E-state index contributed by atoms with van der Waals surface area (Å²) in [6.07, 6.45) is 3.59. The van der Waals surface area contributed by atoms with Crippen LogP contribution in [0.25, 0.3) is 0 Å². The second kappa shape index (κ2) is 7.55. The third-order valence-corrected chi connectivity index (χ3v) is 3.84. The van der Waals surface area contributed by atoms with Crippen LogP contribution in [-0.2, 0) is 12.8 Å². The molecule has 0 atom stereocenters. The average molecular weight is 319 g/mol. The summed E-state index contributed by atoms with van der Waals surface area (Å²) >= 11 is 0. The first-order chi connectivity index (χ1) is 11.8. The van der Waals surface area contributed by atoms with Gasteiger partial charge in [0.1, 0.15) is 0 Å². The maximum Gasteiger partial charge on any atom is 0.249 e. The van der Waals surface area contributed by atoms with Crippen molar-refractivity contribution in [3.8, 4) is 0 Å². The lowest BCUT2D eigenvalue weighted by atomic mass is 10.1. The Bertz CT molecular complexity index is 799. The molecular formula is C19H21N5. The minimum atomic E-state index is 0.478. The fourth-order valence-electron chi connectivity index (χ4n) is 2.46. The van der Waals surface area contributed by atoms with E-state index in [1.807, 2.05) is 30.3 Å². The predicted octanol–water partition coefficient (Wildman–Crippen LogP) is 4.48. The van der Waals surface area contributed by atoms with Crippen molar-refractivity contribution in [1.82, 2.24) is 15.2 Å². The van der Waals surface area contributed by atoms with Gasteiger partial charge in [0.2, 0.25) is 5.95 Å². The van der Waals surface area contributed by atoms with Gasteiger partial charge in [0, 0.05) is 11.4 Å². The zero-order valence-corrected chi connectivity index (χ0v) is 14.0. The van der Waals surface area contributed by atoms with Crippen molar-refractivity contribution in [2.75, 3.05) is 10.6 Å². The standard InChI is InChI=1S/C19H21N5/c1-3-14-9-11-16(12-10-14)21-18-13-20-24-19(23-18)22-17-8-6-5-7-15(17)4-2/h5-13H,3-4H2,1-2H3,(H2,21,22,23,24). The molecule has 0 aliphatic heterocycles. The fraction of sp³-hybridized carbons (Fsp3) is 0.211. The summed E-state index contributed by atoms with van der Waals surface area (Å²) in [5.74, 6) is 1.14. The molecule has 0 amide bonds. The number of anilines is 4. The fourth-order valence-corrected chi connectivity index (χ4v) is 2.46. The Balaban J connectivity index is 1.76. The molecule has 5 heteroatoms. The van der Waals surface area contributed by atoms with Crippen LogP contribution in [0.4, 0.5) is 23.1 Å². The summed E-state index contributed by atoms with van der Waals surface area (Å²) < 4.78 is 0. The van der Waals surface area contributed by atoms with Crippen LogP contribution in [0.2, 0.25) is 0 Å². The summed E-state index contributed by atoms with van der Waals surface area (Å²) in [5.41, 5.74) is 4.51. The lowest BCUT2D eigenvalue weighted by Crippen LogP contribution is -2.03. The summed E-state index contributed by atoms with van der Waals surface area (Å²) in [4.78, 5) is 4.49. The van der Waals surface area contributed by atoms with Crippen molar-refractivity contribution in [3.05, 3.63) is 65.9 Å². The molecule has 5 nitrogen and oxygen atoms in total. The number of rotatable bonds is 6. The Morgan fingerprint density at radius 1 is 0.875 bits per heavy atom. The lowest BCUT2D eigenvalue weighted by molar-refractivity contribution is 0.980. The van der Waals surface area contributed by atoms with Crippen molar-refractivity contribution >= 4 is 23.1 Å². The van der Waals surface area contributed by atoms with Crippen LogP contribution in [0.5, 0.6) is 0 Å². The molecule has 2 N–H and O–H groups in total. The van der Waals surface area contributed by atoms with Gasteiger partial charge in [-0.2, -0.15) is 10.1 Å². The van der Waals surface area contributed by atoms with Crippen molar-refractivity contribution in [2.45, 2.75) is 26.7 Å². The first-order valence-corrected chi connectivity index (χ1v) is 8.19. The normalized spacial score (nSPS) is 10.4. The van der Waals surface area contributed by atoms with E-state index < -0.39 is 0 Å². The van der Waals surface area contributed by atoms with E-state index in [2.05, 4.69) is 57.9 Å². The molecule has 3 aromatic rings. The maximum atomic E-state index is 4.49. The van der Waals surface area contributed by atoms with Gasteiger partial charge in [-0.25, -0.2) is 0 Å². The molecule has 24 heavy (non-hydrogen) atoms. The minimum absolute atomic E-state index is 0.478. The summed E-state index contributed by atoms with van der Waals surface area (Å²) in [6.45, 7) is 4.26. The second-order valence-corrected chi connectivity index (χ2v) is 5.48. The molecule has 3 rings (SSSR count). The van der Waals surface area contributed by atoms with Crippen molar-refractivity contribution in [2.24, 2.45) is 0 Å². The number of hydrogen-bond acceptors (Lipinski definition) is 5. The molecule has 0 spiro atoms. The predicted molar refractivity (Wildman–Crippen MR) is 98.0 cm³/mol. The number of aromatic nitrogens is 3. The molecule has 0 aliphatic carbocycles. The molecular weight excluding hydrogens is 298 g/mol. The molecule has 0 bridgehead atoms. The van der Waals surface area contributed by atoms with Gasteiger partial charge in [-0.15, -0.1) is 5.10 Å². The van der Waals surface area contributed by atoms with E-state index in [9.17, 15) is 0 Å². The van der Waals surface area contributed by atoms with Crippen LogP contribution in [0.3, 0.4) is 0 Å². The monoisotopic (exact) mass is 319 g/mol. The number of aryl methyl sites for hydroxylation is 2. The highest BCUT2D eigenvalue weighted by Gasteiger charge is 2.05. The number of para-hydroxylation sites is 1. The van der Waals surface area contributed by atoms with E-state index >= 15 is 0 Å². The number of nitrogens with one attached hydrogen (secondary N) is 2. The van der Waals surface area contributed by atoms with E-state index in [1.165, 1.54) is 11.1 Å². The molecule has 0 fully saturated rings. The molecule has 1 aromatic heterocycles. The average Bonchev–Trinajstić information content (AvgIpc) is 2.63. The summed E-state index contributed by atoms with van der Waals surface area (Å²) in [7, 11) is 0. The molecule has 0 aliphatic rings. The highest BCUT2D eigenvalue weighted by Crippen LogP contribution is 2.20. The van der Waals surface area contributed by atoms with Gasteiger partial charge in [-0.3, -0.25) is 0 Å². The Labute approximate surface area is 142 Å². The third-order valence-electron chi connectivity index (χ3n) is 3.84. The number of hydrogen-bond donors (Lipinski definition) is 2. The van der Waals surface area contributed by atoms with Crippen LogP contribution >= 0.6 is 0 Å². The second-order valence-electron chi connectivity index (χ2n) is 5.48. The van der Waals surface area contributed by atoms with E-state index in [0.29, 0.717) is 11.8 Å². The SMILES string of the molecule is CCc1ccc(Nc2cnnc(Nc3ccccc3CC)n2)cc1. The summed E-state index contributed by atoms with van der Waals surface area (Å²) in [6, 6.07) is 16.4. The van der Waals surface area contributed by atoms with Crippen LogP contribution in [0, 0.1) is 0 Å². The smallest absolute Gasteiger partial charge is 0.249 e. The van der Waals surface area contributed by atoms with Crippen molar-refractivity contribution in [1.29, 1.82) is 0 Å².